The van der Waals surface area contributed by atoms with Gasteiger partial charge in [-0.15, -0.1) is 0 Å². The zero-order valence-corrected chi connectivity index (χ0v) is 13.5. The second-order valence-electron chi connectivity index (χ2n) is 5.88. The molecule has 1 aliphatic rings. The van der Waals surface area contributed by atoms with Crippen LogP contribution in [0, 0.1) is 16.0 Å². The fraction of sp³-hybridized carbons (Fsp3) is 0.412. The Morgan fingerprint density at radius 2 is 2.25 bits per heavy atom. The van der Waals surface area contributed by atoms with Crippen LogP contribution < -0.4 is 0 Å². The summed E-state index contributed by atoms with van der Waals surface area (Å²) in [5.74, 6) is -0.384. The molecule has 0 N–H and O–H groups in total. The molecule has 1 fully saturated rings. The van der Waals surface area contributed by atoms with E-state index in [1.807, 2.05) is 0 Å². The number of non-ortho nitro benzene ring substituents is 1. The van der Waals surface area contributed by atoms with E-state index in [9.17, 15) is 19.7 Å². The van der Waals surface area contributed by atoms with E-state index in [-0.39, 0.29) is 18.2 Å². The molecule has 1 aromatic carbocycles. The van der Waals surface area contributed by atoms with Gasteiger partial charge in [-0.25, -0.2) is 4.79 Å². The number of esters is 1. The lowest BCUT2D eigenvalue weighted by Gasteiger charge is -2.30. The van der Waals surface area contributed by atoms with E-state index < -0.39 is 10.9 Å². The smallest absolute Gasteiger partial charge is 0.331 e. The molecule has 1 aliphatic heterocycles. The van der Waals surface area contributed by atoms with Gasteiger partial charge in [0, 0.05) is 31.3 Å². The molecule has 0 radical (unpaired) electrons. The highest BCUT2D eigenvalue weighted by Gasteiger charge is 2.21. The summed E-state index contributed by atoms with van der Waals surface area (Å²) in [4.78, 5) is 35.6. The lowest BCUT2D eigenvalue weighted by atomic mass is 10.0. The lowest BCUT2D eigenvalue weighted by molar-refractivity contribution is -0.384. The van der Waals surface area contributed by atoms with Crippen LogP contribution >= 0.6 is 0 Å². The van der Waals surface area contributed by atoms with Crippen LogP contribution in [0.1, 0.15) is 25.3 Å². The molecule has 7 heteroatoms. The van der Waals surface area contributed by atoms with Crippen molar-refractivity contribution >= 4 is 23.6 Å². The standard InChI is InChI=1S/C17H20N2O5/c1-13-4-3-9-18(11-13)16(20)12-24-17(21)8-7-14-5-2-6-15(10-14)19(22)23/h2,5-8,10,13H,3-4,9,11-12H2,1H3/b8-7+. The first kappa shape index (κ1) is 17.7. The molecule has 7 nitrogen and oxygen atoms in total. The normalized spacial score (nSPS) is 17.7. The largest absolute Gasteiger partial charge is 0.452 e. The predicted molar refractivity (Wildman–Crippen MR) is 88.1 cm³/mol. The van der Waals surface area contributed by atoms with Crippen molar-refractivity contribution < 1.29 is 19.2 Å². The number of nitrogens with zero attached hydrogens (tertiary/aromatic N) is 2. The van der Waals surface area contributed by atoms with Crippen molar-refractivity contribution in [1.82, 2.24) is 4.90 Å². The Bertz CT molecular complexity index is 656. The number of piperidine rings is 1. The van der Waals surface area contributed by atoms with Crippen molar-refractivity contribution in [2.75, 3.05) is 19.7 Å². The summed E-state index contributed by atoms with van der Waals surface area (Å²) in [5, 5.41) is 10.7. The maximum atomic E-state index is 12.0. The number of benzene rings is 1. The highest BCUT2D eigenvalue weighted by atomic mass is 16.6. The first-order valence-corrected chi connectivity index (χ1v) is 7.83. The number of nitro benzene ring substituents is 1. The highest BCUT2D eigenvalue weighted by Crippen LogP contribution is 2.16. The van der Waals surface area contributed by atoms with Crippen molar-refractivity contribution in [3.05, 3.63) is 46.0 Å². The number of nitro groups is 1. The summed E-state index contributed by atoms with van der Waals surface area (Å²) >= 11 is 0. The first-order valence-electron chi connectivity index (χ1n) is 7.83. The molecule has 1 heterocycles. The Hall–Kier alpha value is -2.70. The van der Waals surface area contributed by atoms with Crippen LogP contribution in [0.15, 0.2) is 30.3 Å². The minimum absolute atomic E-state index is 0.0556. The van der Waals surface area contributed by atoms with Crippen molar-refractivity contribution in [1.29, 1.82) is 0 Å². The number of carbonyl (C=O) groups is 2. The van der Waals surface area contributed by atoms with Crippen LogP contribution in [0.25, 0.3) is 6.08 Å². The van der Waals surface area contributed by atoms with Crippen LogP contribution in [-0.2, 0) is 14.3 Å². The van der Waals surface area contributed by atoms with Gasteiger partial charge in [-0.2, -0.15) is 0 Å². The van der Waals surface area contributed by atoms with Gasteiger partial charge in [0.1, 0.15) is 0 Å². The third-order valence-corrected chi connectivity index (χ3v) is 3.84. The molecule has 0 aliphatic carbocycles. The number of rotatable bonds is 5. The summed E-state index contributed by atoms with van der Waals surface area (Å²) in [7, 11) is 0. The van der Waals surface area contributed by atoms with Gasteiger partial charge in [0.2, 0.25) is 0 Å². The maximum Gasteiger partial charge on any atom is 0.331 e. The molecular formula is C17H20N2O5. The molecule has 0 spiro atoms. The van der Waals surface area contributed by atoms with E-state index in [0.717, 1.165) is 18.9 Å². The maximum absolute atomic E-state index is 12.0. The van der Waals surface area contributed by atoms with Gasteiger partial charge in [-0.1, -0.05) is 19.1 Å². The number of hydrogen-bond acceptors (Lipinski definition) is 5. The zero-order valence-electron chi connectivity index (χ0n) is 13.5. The van der Waals surface area contributed by atoms with Crippen LogP contribution in [0.3, 0.4) is 0 Å². The van der Waals surface area contributed by atoms with Gasteiger partial charge in [0.05, 0.1) is 4.92 Å². The summed E-state index contributed by atoms with van der Waals surface area (Å²) in [6.07, 6.45) is 4.65. The SMILES string of the molecule is CC1CCCN(C(=O)COC(=O)/C=C/c2cccc([N+](=O)[O-])c2)C1. The number of amides is 1. The quantitative estimate of drug-likeness (QED) is 0.357. The third kappa shape index (κ3) is 5.19. The minimum atomic E-state index is -0.653. The fourth-order valence-electron chi connectivity index (χ4n) is 2.59. The van der Waals surface area contributed by atoms with Crippen molar-refractivity contribution in [2.24, 2.45) is 5.92 Å². The molecule has 2 rings (SSSR count). The van der Waals surface area contributed by atoms with Crippen LogP contribution in [-0.4, -0.2) is 41.4 Å². The second kappa shape index (κ2) is 8.24. The van der Waals surface area contributed by atoms with E-state index in [1.165, 1.54) is 24.3 Å². The van der Waals surface area contributed by atoms with Crippen LogP contribution in [0.5, 0.6) is 0 Å². The second-order valence-corrected chi connectivity index (χ2v) is 5.88. The Labute approximate surface area is 140 Å². The molecule has 0 bridgehead atoms. The molecule has 0 aromatic heterocycles. The molecule has 1 aromatic rings. The average Bonchev–Trinajstić information content (AvgIpc) is 2.58. The van der Waals surface area contributed by atoms with E-state index in [1.54, 1.807) is 11.0 Å². The van der Waals surface area contributed by atoms with E-state index in [2.05, 4.69) is 6.92 Å². The molecule has 128 valence electrons. The third-order valence-electron chi connectivity index (χ3n) is 3.84. The molecule has 1 unspecified atom stereocenters. The number of likely N-dealkylation sites (tertiary alicyclic amines) is 1. The first-order chi connectivity index (χ1) is 11.5. The minimum Gasteiger partial charge on any atom is -0.452 e. The zero-order chi connectivity index (χ0) is 17.5. The van der Waals surface area contributed by atoms with E-state index in [4.69, 9.17) is 4.74 Å². The predicted octanol–water partition coefficient (Wildman–Crippen LogP) is 2.41. The van der Waals surface area contributed by atoms with Gasteiger partial charge in [-0.05, 0) is 30.4 Å². The van der Waals surface area contributed by atoms with Gasteiger partial charge in [-0.3, -0.25) is 14.9 Å². The topological polar surface area (TPSA) is 89.8 Å². The van der Waals surface area contributed by atoms with Crippen molar-refractivity contribution in [3.8, 4) is 0 Å². The Balaban J connectivity index is 1.83. The van der Waals surface area contributed by atoms with E-state index in [0.29, 0.717) is 24.6 Å². The van der Waals surface area contributed by atoms with Gasteiger partial charge < -0.3 is 9.64 Å². The molecule has 24 heavy (non-hydrogen) atoms. The Kier molecular flexibility index (Phi) is 6.06. The molecular weight excluding hydrogens is 312 g/mol. The van der Waals surface area contributed by atoms with Gasteiger partial charge >= 0.3 is 5.97 Å². The Morgan fingerprint density at radius 3 is 2.96 bits per heavy atom. The molecule has 1 atom stereocenters. The van der Waals surface area contributed by atoms with Crippen LogP contribution in [0.2, 0.25) is 0 Å². The Morgan fingerprint density at radius 1 is 1.46 bits per heavy atom. The summed E-state index contributed by atoms with van der Waals surface area (Å²) in [6, 6.07) is 5.89. The van der Waals surface area contributed by atoms with Crippen LogP contribution in [0.4, 0.5) is 5.69 Å². The fourth-order valence-corrected chi connectivity index (χ4v) is 2.59. The number of ether oxygens (including phenoxy) is 1. The van der Waals surface area contributed by atoms with Gasteiger partial charge in [0.15, 0.2) is 6.61 Å². The number of carbonyl (C=O) groups excluding carboxylic acids is 2. The molecule has 1 amide bonds. The van der Waals surface area contributed by atoms with Gasteiger partial charge in [0.25, 0.3) is 11.6 Å². The molecule has 1 saturated heterocycles. The van der Waals surface area contributed by atoms with Crippen molar-refractivity contribution in [2.45, 2.75) is 19.8 Å². The highest BCUT2D eigenvalue weighted by molar-refractivity contribution is 5.89. The summed E-state index contributed by atoms with van der Waals surface area (Å²) < 4.78 is 4.94. The average molecular weight is 332 g/mol. The van der Waals surface area contributed by atoms with E-state index >= 15 is 0 Å². The molecule has 0 saturated carbocycles. The summed E-state index contributed by atoms with van der Waals surface area (Å²) in [5.41, 5.74) is 0.456. The monoisotopic (exact) mass is 332 g/mol. The summed E-state index contributed by atoms with van der Waals surface area (Å²) in [6.45, 7) is 3.20. The number of hydrogen-bond donors (Lipinski definition) is 0. The lowest BCUT2D eigenvalue weighted by Crippen LogP contribution is -2.41. The van der Waals surface area contributed by atoms with Crippen molar-refractivity contribution in [3.63, 3.8) is 0 Å².